The molecule has 0 aromatic heterocycles. The van der Waals surface area contributed by atoms with E-state index in [1.54, 1.807) is 36.4 Å². The number of rotatable bonds is 7. The van der Waals surface area contributed by atoms with Crippen LogP contribution in [-0.4, -0.2) is 36.1 Å². The maximum absolute atomic E-state index is 12.3. The highest BCUT2D eigenvalue weighted by molar-refractivity contribution is 9.10. The second kappa shape index (κ2) is 9.41. The van der Waals surface area contributed by atoms with E-state index in [-0.39, 0.29) is 18.8 Å². The van der Waals surface area contributed by atoms with E-state index < -0.39 is 18.3 Å². The van der Waals surface area contributed by atoms with Crippen LogP contribution in [0.1, 0.15) is 18.1 Å². The third-order valence-electron chi connectivity index (χ3n) is 3.60. The number of anilines is 1. The van der Waals surface area contributed by atoms with E-state index in [1.807, 2.05) is 6.07 Å². The van der Waals surface area contributed by atoms with E-state index in [9.17, 15) is 15.0 Å². The van der Waals surface area contributed by atoms with E-state index in [4.69, 9.17) is 9.47 Å². The van der Waals surface area contributed by atoms with Crippen LogP contribution in [0, 0.1) is 0 Å². The first-order valence-corrected chi connectivity index (χ1v) is 8.49. The summed E-state index contributed by atoms with van der Waals surface area (Å²) in [5.41, 5.74) is 0.971. The van der Waals surface area contributed by atoms with Crippen LogP contribution in [0.15, 0.2) is 53.0 Å². The van der Waals surface area contributed by atoms with Gasteiger partial charge in [-0.1, -0.05) is 34.1 Å². The molecule has 0 saturated carbocycles. The summed E-state index contributed by atoms with van der Waals surface area (Å²) in [6, 6.07) is 13.7. The molecule has 0 radical (unpaired) electrons. The van der Waals surface area contributed by atoms with Crippen molar-refractivity contribution in [2.75, 3.05) is 19.0 Å². The number of phenolic OH excluding ortho intramolecular Hbond substituents is 1. The Hall–Kier alpha value is -2.09. The highest BCUT2D eigenvalue weighted by atomic mass is 79.9. The lowest BCUT2D eigenvalue weighted by Gasteiger charge is -2.26. The van der Waals surface area contributed by atoms with Crippen LogP contribution in [0.2, 0.25) is 0 Å². The number of ether oxygens (including phenoxy) is 2. The van der Waals surface area contributed by atoms with Gasteiger partial charge in [-0.3, -0.25) is 5.32 Å². The number of hydrogen-bond acceptors (Lipinski definition) is 5. The van der Waals surface area contributed by atoms with Crippen LogP contribution in [0.3, 0.4) is 0 Å². The van der Waals surface area contributed by atoms with Crippen molar-refractivity contribution in [3.05, 3.63) is 58.6 Å². The maximum Gasteiger partial charge on any atom is 0.412 e. The van der Waals surface area contributed by atoms with Crippen LogP contribution in [0.4, 0.5) is 10.5 Å². The van der Waals surface area contributed by atoms with Crippen molar-refractivity contribution in [2.24, 2.45) is 0 Å². The second-order valence-electron chi connectivity index (χ2n) is 5.31. The number of nitrogens with one attached hydrogen (secondary N) is 1. The zero-order chi connectivity index (χ0) is 18.2. The van der Waals surface area contributed by atoms with E-state index in [1.165, 1.54) is 13.2 Å². The van der Waals surface area contributed by atoms with Gasteiger partial charge in [-0.15, -0.1) is 0 Å². The molecular formula is C18H20BrNO5. The first-order chi connectivity index (χ1) is 12.0. The van der Waals surface area contributed by atoms with Crippen LogP contribution in [-0.2, 0) is 9.47 Å². The molecule has 0 aliphatic carbocycles. The van der Waals surface area contributed by atoms with Gasteiger partial charge in [0.15, 0.2) is 6.10 Å². The van der Waals surface area contributed by atoms with Crippen molar-refractivity contribution in [1.82, 2.24) is 0 Å². The molecule has 6 nitrogen and oxygen atoms in total. The predicted molar refractivity (Wildman–Crippen MR) is 97.6 cm³/mol. The smallest absolute Gasteiger partial charge is 0.412 e. The monoisotopic (exact) mass is 409 g/mol. The lowest BCUT2D eigenvalue weighted by molar-refractivity contribution is -0.0314. The first kappa shape index (κ1) is 19.2. The fraction of sp³-hybridized carbons (Fsp3) is 0.278. The van der Waals surface area contributed by atoms with Crippen molar-refractivity contribution in [1.29, 1.82) is 0 Å². The Morgan fingerprint density at radius 3 is 2.60 bits per heavy atom. The summed E-state index contributed by atoms with van der Waals surface area (Å²) < 4.78 is 11.6. The maximum atomic E-state index is 12.3. The molecule has 2 unspecified atom stereocenters. The summed E-state index contributed by atoms with van der Waals surface area (Å²) in [6.07, 6.45) is -1.95. The Bertz CT molecular complexity index is 695. The van der Waals surface area contributed by atoms with Crippen molar-refractivity contribution >= 4 is 27.7 Å². The molecule has 0 spiro atoms. The van der Waals surface area contributed by atoms with Gasteiger partial charge in [-0.05, 0) is 30.3 Å². The summed E-state index contributed by atoms with van der Waals surface area (Å²) in [5, 5.41) is 22.0. The lowest BCUT2D eigenvalue weighted by atomic mass is 10.0. The molecule has 0 fully saturated rings. The molecule has 0 heterocycles. The fourth-order valence-electron chi connectivity index (χ4n) is 2.40. The minimum absolute atomic E-state index is 0.0271. The summed E-state index contributed by atoms with van der Waals surface area (Å²) in [6.45, 7) is -0.145. The number of benzene rings is 2. The standard InChI is InChI=1S/C18H20BrNO5/c1-24-16(9-10-21)17(14-11-12(19)7-8-15(14)22)25-18(23)20-13-5-3-2-4-6-13/h2-8,11,16-17,21-22H,9-10H2,1H3,(H,20,23). The molecule has 0 aliphatic heterocycles. The van der Waals surface area contributed by atoms with Gasteiger partial charge >= 0.3 is 6.09 Å². The molecular weight excluding hydrogens is 390 g/mol. The molecule has 0 aliphatic rings. The number of aliphatic hydroxyl groups is 1. The average molecular weight is 410 g/mol. The van der Waals surface area contributed by atoms with Crippen molar-refractivity contribution < 1.29 is 24.5 Å². The van der Waals surface area contributed by atoms with Gasteiger partial charge in [-0.2, -0.15) is 0 Å². The summed E-state index contributed by atoms with van der Waals surface area (Å²) in [4.78, 5) is 12.3. The van der Waals surface area contributed by atoms with Gasteiger partial charge < -0.3 is 19.7 Å². The summed E-state index contributed by atoms with van der Waals surface area (Å²) >= 11 is 3.34. The number of aliphatic hydroxyl groups excluding tert-OH is 1. The summed E-state index contributed by atoms with van der Waals surface area (Å²) in [5.74, 6) is -0.0271. The number of halogens is 1. The van der Waals surface area contributed by atoms with Gasteiger partial charge in [0.25, 0.3) is 0 Å². The number of aromatic hydroxyl groups is 1. The van der Waals surface area contributed by atoms with Crippen LogP contribution >= 0.6 is 15.9 Å². The number of methoxy groups -OCH3 is 1. The highest BCUT2D eigenvalue weighted by Gasteiger charge is 2.29. The Kier molecular flexibility index (Phi) is 7.24. The van der Waals surface area contributed by atoms with Gasteiger partial charge in [-0.25, -0.2) is 4.79 Å². The molecule has 0 bridgehead atoms. The van der Waals surface area contributed by atoms with Crippen LogP contribution < -0.4 is 5.32 Å². The minimum atomic E-state index is -0.890. The highest BCUT2D eigenvalue weighted by Crippen LogP contribution is 2.34. The zero-order valence-electron chi connectivity index (χ0n) is 13.7. The van der Waals surface area contributed by atoms with E-state index >= 15 is 0 Å². The Morgan fingerprint density at radius 1 is 1.24 bits per heavy atom. The van der Waals surface area contributed by atoms with E-state index in [0.717, 1.165) is 4.47 Å². The largest absolute Gasteiger partial charge is 0.508 e. The molecule has 2 atom stereocenters. The van der Waals surface area contributed by atoms with Gasteiger partial charge in [0, 0.05) is 35.9 Å². The van der Waals surface area contributed by atoms with Crippen molar-refractivity contribution in [3.8, 4) is 5.75 Å². The van der Waals surface area contributed by atoms with Crippen molar-refractivity contribution in [3.63, 3.8) is 0 Å². The fourth-order valence-corrected chi connectivity index (χ4v) is 2.78. The second-order valence-corrected chi connectivity index (χ2v) is 6.22. The number of para-hydroxylation sites is 1. The molecule has 0 saturated heterocycles. The SMILES string of the molecule is COC(CCO)C(OC(=O)Nc1ccccc1)c1cc(Br)ccc1O. The van der Waals surface area contributed by atoms with Gasteiger partial charge in [0.05, 0.1) is 0 Å². The van der Waals surface area contributed by atoms with E-state index in [0.29, 0.717) is 11.3 Å². The molecule has 134 valence electrons. The number of carbonyl (C=O) groups is 1. The Morgan fingerprint density at radius 2 is 1.96 bits per heavy atom. The Labute approximate surface area is 154 Å². The average Bonchev–Trinajstić information content (AvgIpc) is 2.61. The molecule has 3 N–H and O–H groups in total. The number of amides is 1. The Balaban J connectivity index is 2.25. The van der Waals surface area contributed by atoms with Crippen LogP contribution in [0.5, 0.6) is 5.75 Å². The molecule has 7 heteroatoms. The molecule has 2 aromatic rings. The molecule has 1 amide bonds. The normalized spacial score (nSPS) is 13.1. The van der Waals surface area contributed by atoms with Gasteiger partial charge in [0.2, 0.25) is 0 Å². The lowest BCUT2D eigenvalue weighted by Crippen LogP contribution is -2.29. The zero-order valence-corrected chi connectivity index (χ0v) is 15.3. The number of phenols is 1. The van der Waals surface area contributed by atoms with Crippen LogP contribution in [0.25, 0.3) is 0 Å². The third kappa shape index (κ3) is 5.45. The molecule has 2 aromatic carbocycles. The third-order valence-corrected chi connectivity index (χ3v) is 4.10. The van der Waals surface area contributed by atoms with Crippen molar-refractivity contribution in [2.45, 2.75) is 18.6 Å². The number of carbonyl (C=O) groups excluding carboxylic acids is 1. The molecule has 2 rings (SSSR count). The van der Waals surface area contributed by atoms with Gasteiger partial charge in [0.1, 0.15) is 11.9 Å². The minimum Gasteiger partial charge on any atom is -0.508 e. The predicted octanol–water partition coefficient (Wildman–Crippen LogP) is 3.84. The summed E-state index contributed by atoms with van der Waals surface area (Å²) in [7, 11) is 1.46. The number of hydrogen-bond donors (Lipinski definition) is 3. The molecule has 25 heavy (non-hydrogen) atoms. The first-order valence-electron chi connectivity index (χ1n) is 7.70. The topological polar surface area (TPSA) is 88.0 Å². The quantitative estimate of drug-likeness (QED) is 0.646. The van der Waals surface area contributed by atoms with E-state index in [2.05, 4.69) is 21.2 Å².